The SMILES string of the molecule is CCCN1CCC(NCc2ccc(I)o2)CC1. The van der Waals surface area contributed by atoms with Gasteiger partial charge in [-0.3, -0.25) is 0 Å². The molecule has 0 aliphatic carbocycles. The second-order valence-corrected chi connectivity index (χ2v) is 5.77. The first kappa shape index (κ1) is 13.4. The standard InChI is InChI=1S/C13H21IN2O/c1-2-7-16-8-5-11(6-9-16)15-10-12-3-4-13(14)17-12/h3-4,11,15H,2,5-10H2,1H3. The first-order valence-corrected chi connectivity index (χ1v) is 7.55. The van der Waals surface area contributed by atoms with Crippen LogP contribution in [0.5, 0.6) is 0 Å². The molecule has 0 bridgehead atoms. The number of halogens is 1. The van der Waals surface area contributed by atoms with Gasteiger partial charge in [0.2, 0.25) is 0 Å². The summed E-state index contributed by atoms with van der Waals surface area (Å²) in [6, 6.07) is 4.73. The molecule has 1 aliphatic heterocycles. The Bertz CT molecular complexity index is 332. The predicted molar refractivity (Wildman–Crippen MR) is 78.0 cm³/mol. The number of piperidine rings is 1. The molecule has 0 saturated carbocycles. The molecule has 96 valence electrons. The van der Waals surface area contributed by atoms with E-state index in [1.165, 1.54) is 38.9 Å². The second-order valence-electron chi connectivity index (χ2n) is 4.70. The molecule has 17 heavy (non-hydrogen) atoms. The maximum atomic E-state index is 5.55. The molecular formula is C13H21IN2O. The van der Waals surface area contributed by atoms with Crippen LogP contribution in [0.4, 0.5) is 0 Å². The minimum absolute atomic E-state index is 0.658. The van der Waals surface area contributed by atoms with E-state index in [1.54, 1.807) is 0 Å². The molecule has 1 aromatic heterocycles. The van der Waals surface area contributed by atoms with Crippen LogP contribution in [-0.4, -0.2) is 30.6 Å². The number of likely N-dealkylation sites (tertiary alicyclic amines) is 1. The maximum absolute atomic E-state index is 5.55. The molecule has 0 unspecified atom stereocenters. The molecule has 0 atom stereocenters. The fraction of sp³-hybridized carbons (Fsp3) is 0.692. The third kappa shape index (κ3) is 4.26. The van der Waals surface area contributed by atoms with E-state index in [2.05, 4.69) is 45.8 Å². The van der Waals surface area contributed by atoms with Gasteiger partial charge < -0.3 is 14.6 Å². The highest BCUT2D eigenvalue weighted by atomic mass is 127. The zero-order chi connectivity index (χ0) is 12.1. The average molecular weight is 348 g/mol. The zero-order valence-electron chi connectivity index (χ0n) is 10.4. The van der Waals surface area contributed by atoms with Gasteiger partial charge in [-0.2, -0.15) is 0 Å². The Labute approximate surface area is 117 Å². The Morgan fingerprint density at radius 2 is 2.18 bits per heavy atom. The summed E-state index contributed by atoms with van der Waals surface area (Å²) in [5.74, 6) is 1.05. The summed E-state index contributed by atoms with van der Waals surface area (Å²) in [6.45, 7) is 6.84. The fourth-order valence-electron chi connectivity index (χ4n) is 2.37. The molecule has 1 fully saturated rings. The fourth-order valence-corrected chi connectivity index (χ4v) is 2.83. The van der Waals surface area contributed by atoms with Crippen molar-refractivity contribution in [1.29, 1.82) is 0 Å². The molecule has 1 N–H and O–H groups in total. The number of nitrogens with one attached hydrogen (secondary N) is 1. The second kappa shape index (κ2) is 6.75. The molecule has 2 rings (SSSR count). The van der Waals surface area contributed by atoms with Crippen molar-refractivity contribution in [2.45, 2.75) is 38.8 Å². The largest absolute Gasteiger partial charge is 0.454 e. The lowest BCUT2D eigenvalue weighted by Gasteiger charge is -2.32. The van der Waals surface area contributed by atoms with Crippen molar-refractivity contribution >= 4 is 22.6 Å². The lowest BCUT2D eigenvalue weighted by Crippen LogP contribution is -2.42. The first-order valence-electron chi connectivity index (χ1n) is 6.48. The number of hydrogen-bond donors (Lipinski definition) is 1. The van der Waals surface area contributed by atoms with Crippen LogP contribution in [0.25, 0.3) is 0 Å². The van der Waals surface area contributed by atoms with E-state index in [1.807, 2.05) is 6.07 Å². The van der Waals surface area contributed by atoms with Gasteiger partial charge in [-0.25, -0.2) is 0 Å². The molecule has 1 saturated heterocycles. The van der Waals surface area contributed by atoms with Crippen LogP contribution in [0.1, 0.15) is 31.9 Å². The van der Waals surface area contributed by atoms with Crippen LogP contribution in [0.3, 0.4) is 0 Å². The summed E-state index contributed by atoms with van der Waals surface area (Å²) in [7, 11) is 0. The van der Waals surface area contributed by atoms with Gasteiger partial charge in [0.1, 0.15) is 5.76 Å². The van der Waals surface area contributed by atoms with Crippen LogP contribution in [0, 0.1) is 3.77 Å². The van der Waals surface area contributed by atoms with Crippen molar-refractivity contribution in [2.24, 2.45) is 0 Å². The Hall–Kier alpha value is -0.0700. The van der Waals surface area contributed by atoms with Crippen LogP contribution in [0.2, 0.25) is 0 Å². The normalized spacial score (nSPS) is 18.7. The van der Waals surface area contributed by atoms with Crippen molar-refractivity contribution in [3.05, 3.63) is 21.7 Å². The van der Waals surface area contributed by atoms with Gasteiger partial charge in [0.15, 0.2) is 3.77 Å². The molecule has 0 amide bonds. The van der Waals surface area contributed by atoms with Crippen LogP contribution in [-0.2, 0) is 6.54 Å². The molecule has 0 radical (unpaired) electrons. The third-order valence-corrected chi connectivity index (χ3v) is 3.90. The highest BCUT2D eigenvalue weighted by Crippen LogP contribution is 2.13. The topological polar surface area (TPSA) is 28.4 Å². The molecule has 1 aromatic rings. The monoisotopic (exact) mass is 348 g/mol. The third-order valence-electron chi connectivity index (χ3n) is 3.32. The summed E-state index contributed by atoms with van der Waals surface area (Å²) in [4.78, 5) is 2.56. The van der Waals surface area contributed by atoms with E-state index in [9.17, 15) is 0 Å². The van der Waals surface area contributed by atoms with Crippen molar-refractivity contribution in [3.63, 3.8) is 0 Å². The van der Waals surface area contributed by atoms with Gasteiger partial charge in [-0.15, -0.1) is 0 Å². The number of hydrogen-bond acceptors (Lipinski definition) is 3. The van der Waals surface area contributed by atoms with E-state index in [4.69, 9.17) is 4.42 Å². The highest BCUT2D eigenvalue weighted by molar-refractivity contribution is 14.1. The van der Waals surface area contributed by atoms with Crippen LogP contribution >= 0.6 is 22.6 Å². The van der Waals surface area contributed by atoms with E-state index in [0.717, 1.165) is 16.1 Å². The quantitative estimate of drug-likeness (QED) is 0.830. The molecule has 1 aliphatic rings. The van der Waals surface area contributed by atoms with Crippen molar-refractivity contribution < 1.29 is 4.42 Å². The smallest absolute Gasteiger partial charge is 0.164 e. The number of rotatable bonds is 5. The zero-order valence-corrected chi connectivity index (χ0v) is 12.6. The van der Waals surface area contributed by atoms with E-state index >= 15 is 0 Å². The van der Waals surface area contributed by atoms with E-state index in [-0.39, 0.29) is 0 Å². The molecule has 2 heterocycles. The van der Waals surface area contributed by atoms with Gasteiger partial charge >= 0.3 is 0 Å². The van der Waals surface area contributed by atoms with Gasteiger partial charge in [0.05, 0.1) is 6.54 Å². The minimum atomic E-state index is 0.658. The molecular weight excluding hydrogens is 327 g/mol. The predicted octanol–water partition coefficient (Wildman–Crippen LogP) is 2.85. The Kier molecular flexibility index (Phi) is 5.31. The van der Waals surface area contributed by atoms with E-state index in [0.29, 0.717) is 6.04 Å². The van der Waals surface area contributed by atoms with Gasteiger partial charge in [-0.05, 0) is 73.6 Å². The first-order chi connectivity index (χ1) is 8.28. The summed E-state index contributed by atoms with van der Waals surface area (Å²) < 4.78 is 6.52. The summed E-state index contributed by atoms with van der Waals surface area (Å²) in [6.07, 6.45) is 3.79. The Morgan fingerprint density at radius 1 is 1.41 bits per heavy atom. The Balaban J connectivity index is 1.68. The van der Waals surface area contributed by atoms with Crippen LogP contribution < -0.4 is 5.32 Å². The summed E-state index contributed by atoms with van der Waals surface area (Å²) in [5.41, 5.74) is 0. The van der Waals surface area contributed by atoms with Crippen molar-refractivity contribution in [3.8, 4) is 0 Å². The molecule has 4 heteroatoms. The van der Waals surface area contributed by atoms with Gasteiger partial charge in [0, 0.05) is 6.04 Å². The maximum Gasteiger partial charge on any atom is 0.164 e. The number of furan rings is 1. The summed E-state index contributed by atoms with van der Waals surface area (Å²) in [5, 5.41) is 3.59. The molecule has 0 aromatic carbocycles. The summed E-state index contributed by atoms with van der Waals surface area (Å²) >= 11 is 2.21. The van der Waals surface area contributed by atoms with Crippen molar-refractivity contribution in [1.82, 2.24) is 10.2 Å². The highest BCUT2D eigenvalue weighted by Gasteiger charge is 2.18. The average Bonchev–Trinajstić information content (AvgIpc) is 2.75. The molecule has 3 nitrogen and oxygen atoms in total. The Morgan fingerprint density at radius 3 is 2.76 bits per heavy atom. The molecule has 0 spiro atoms. The lowest BCUT2D eigenvalue weighted by molar-refractivity contribution is 0.196. The minimum Gasteiger partial charge on any atom is -0.454 e. The number of nitrogens with zero attached hydrogens (tertiary/aromatic N) is 1. The van der Waals surface area contributed by atoms with Crippen LogP contribution in [0.15, 0.2) is 16.5 Å². The lowest BCUT2D eigenvalue weighted by atomic mass is 10.0. The van der Waals surface area contributed by atoms with Gasteiger partial charge in [0.25, 0.3) is 0 Å². The van der Waals surface area contributed by atoms with E-state index < -0.39 is 0 Å². The van der Waals surface area contributed by atoms with Gasteiger partial charge in [-0.1, -0.05) is 6.92 Å². The van der Waals surface area contributed by atoms with Crippen molar-refractivity contribution in [2.75, 3.05) is 19.6 Å².